The molecule has 0 fully saturated rings. The van der Waals surface area contributed by atoms with Gasteiger partial charge in [-0.2, -0.15) is 5.26 Å². The second-order valence-corrected chi connectivity index (χ2v) is 6.59. The van der Waals surface area contributed by atoms with Crippen molar-refractivity contribution in [3.05, 3.63) is 39.5 Å². The number of carbonyl (C=O) groups excluding carboxylic acids is 1. The average Bonchev–Trinajstić information content (AvgIpc) is 3.01. The van der Waals surface area contributed by atoms with Crippen LogP contribution in [0.15, 0.2) is 17.2 Å². The van der Waals surface area contributed by atoms with Crippen molar-refractivity contribution in [2.75, 3.05) is 18.9 Å². The lowest BCUT2D eigenvalue weighted by Gasteiger charge is -2.11. The molecule has 0 amide bonds. The summed E-state index contributed by atoms with van der Waals surface area (Å²) >= 11 is 1.75. The maximum absolute atomic E-state index is 10.9. The number of benzene rings is 1. The van der Waals surface area contributed by atoms with Crippen LogP contribution >= 0.6 is 11.3 Å². The minimum Gasteiger partial charge on any atom is -0.500 e. The standard InChI is InChI=1S/C12H15NS.C8H11NO3/c1-6-7(2)9(4)12-11(8(6)3)10(13)5-14-12;1-3-11-6-7(5-9)8(10)12-4-2/h5H,13H2,1-4H3;6H,3-4H2,1-2H3/b;7-6+. The lowest BCUT2D eigenvalue weighted by atomic mass is 9.96. The predicted molar refractivity (Wildman–Crippen MR) is 107 cm³/mol. The number of nitrogens with two attached hydrogens (primary N) is 1. The van der Waals surface area contributed by atoms with Gasteiger partial charge in [-0.25, -0.2) is 4.79 Å². The molecule has 1 aromatic heterocycles. The highest BCUT2D eigenvalue weighted by molar-refractivity contribution is 7.18. The number of anilines is 1. The summed E-state index contributed by atoms with van der Waals surface area (Å²) in [5.74, 6) is -0.645. The first-order chi connectivity index (χ1) is 12.3. The van der Waals surface area contributed by atoms with E-state index in [0.717, 1.165) is 11.9 Å². The maximum atomic E-state index is 10.9. The summed E-state index contributed by atoms with van der Waals surface area (Å²) in [6.07, 6.45) is 1.11. The van der Waals surface area contributed by atoms with Gasteiger partial charge in [0.15, 0.2) is 5.57 Å². The molecule has 6 heteroatoms. The second kappa shape index (κ2) is 9.83. The molecule has 2 rings (SSSR count). The Hall–Kier alpha value is -2.52. The van der Waals surface area contributed by atoms with Crippen LogP contribution in [0.1, 0.15) is 36.1 Å². The molecule has 0 aliphatic carbocycles. The Kier molecular flexibility index (Phi) is 8.14. The summed E-state index contributed by atoms with van der Waals surface area (Å²) in [7, 11) is 0. The molecule has 1 aromatic carbocycles. The van der Waals surface area contributed by atoms with E-state index >= 15 is 0 Å². The van der Waals surface area contributed by atoms with Gasteiger partial charge in [0, 0.05) is 15.5 Å². The van der Waals surface area contributed by atoms with Gasteiger partial charge in [0.1, 0.15) is 12.3 Å². The van der Waals surface area contributed by atoms with Gasteiger partial charge in [-0.3, -0.25) is 0 Å². The first-order valence-corrected chi connectivity index (χ1v) is 9.29. The van der Waals surface area contributed by atoms with Gasteiger partial charge in [-0.05, 0) is 63.8 Å². The number of hydrogen-bond donors (Lipinski definition) is 1. The molecule has 2 N–H and O–H groups in total. The first-order valence-electron chi connectivity index (χ1n) is 8.41. The number of fused-ring (bicyclic) bond motifs is 1. The number of ether oxygens (including phenoxy) is 2. The van der Waals surface area contributed by atoms with Gasteiger partial charge in [-0.15, -0.1) is 11.3 Å². The monoisotopic (exact) mass is 374 g/mol. The van der Waals surface area contributed by atoms with Crippen LogP contribution in [0.4, 0.5) is 5.69 Å². The molecular weight excluding hydrogens is 348 g/mol. The van der Waals surface area contributed by atoms with E-state index in [2.05, 4.69) is 32.4 Å². The molecule has 26 heavy (non-hydrogen) atoms. The van der Waals surface area contributed by atoms with E-state index in [1.165, 1.54) is 32.3 Å². The van der Waals surface area contributed by atoms with Crippen molar-refractivity contribution >= 4 is 33.1 Å². The summed E-state index contributed by atoms with van der Waals surface area (Å²) < 4.78 is 10.7. The molecule has 0 aliphatic rings. The van der Waals surface area contributed by atoms with Crippen LogP contribution in [0.2, 0.25) is 0 Å². The van der Waals surface area contributed by atoms with Gasteiger partial charge in [0.05, 0.1) is 18.9 Å². The molecule has 1 heterocycles. The highest BCUT2D eigenvalue weighted by atomic mass is 32.1. The fourth-order valence-electron chi connectivity index (χ4n) is 2.45. The van der Waals surface area contributed by atoms with Gasteiger partial charge in [0.25, 0.3) is 0 Å². The topological polar surface area (TPSA) is 85.3 Å². The van der Waals surface area contributed by atoms with Crippen molar-refractivity contribution in [2.45, 2.75) is 41.5 Å². The third-order valence-corrected chi connectivity index (χ3v) is 5.32. The van der Waals surface area contributed by atoms with Crippen LogP contribution in [0, 0.1) is 39.0 Å². The Balaban J connectivity index is 0.000000265. The van der Waals surface area contributed by atoms with Crippen molar-refractivity contribution in [3.8, 4) is 6.07 Å². The molecule has 0 aliphatic heterocycles. The molecule has 0 bridgehead atoms. The molecule has 0 atom stereocenters. The van der Waals surface area contributed by atoms with E-state index in [0.29, 0.717) is 6.61 Å². The second-order valence-electron chi connectivity index (χ2n) is 5.71. The van der Waals surface area contributed by atoms with Crippen LogP contribution in [-0.2, 0) is 14.3 Å². The summed E-state index contributed by atoms with van der Waals surface area (Å²) in [4.78, 5) is 10.9. The number of aryl methyl sites for hydroxylation is 2. The molecule has 0 radical (unpaired) electrons. The van der Waals surface area contributed by atoms with E-state index in [9.17, 15) is 4.79 Å². The number of carbonyl (C=O) groups is 1. The third kappa shape index (κ3) is 4.77. The summed E-state index contributed by atoms with van der Waals surface area (Å²) in [5.41, 5.74) is 12.3. The maximum Gasteiger partial charge on any atom is 0.352 e. The largest absolute Gasteiger partial charge is 0.500 e. The first kappa shape index (κ1) is 21.5. The summed E-state index contributed by atoms with van der Waals surface area (Å²) in [5, 5.41) is 11.8. The van der Waals surface area contributed by atoms with Crippen LogP contribution in [0.3, 0.4) is 0 Å². The van der Waals surface area contributed by atoms with Gasteiger partial charge >= 0.3 is 5.97 Å². The summed E-state index contributed by atoms with van der Waals surface area (Å²) in [6.45, 7) is 12.8. The number of esters is 1. The van der Waals surface area contributed by atoms with E-state index in [1.807, 2.05) is 5.38 Å². The van der Waals surface area contributed by atoms with E-state index < -0.39 is 5.97 Å². The zero-order chi connectivity index (χ0) is 19.9. The lowest BCUT2D eigenvalue weighted by Crippen LogP contribution is -2.06. The molecule has 0 spiro atoms. The molecule has 0 saturated carbocycles. The van der Waals surface area contributed by atoms with Crippen LogP contribution < -0.4 is 5.73 Å². The Morgan fingerprint density at radius 3 is 2.31 bits per heavy atom. The Labute approximate surface area is 159 Å². The molecule has 5 nitrogen and oxygen atoms in total. The quantitative estimate of drug-likeness (QED) is 0.362. The third-order valence-electron chi connectivity index (χ3n) is 4.21. The molecule has 140 valence electrons. The van der Waals surface area contributed by atoms with Gasteiger partial charge in [0.2, 0.25) is 0 Å². The van der Waals surface area contributed by atoms with Crippen molar-refractivity contribution in [2.24, 2.45) is 0 Å². The van der Waals surface area contributed by atoms with Crippen LogP contribution in [0.5, 0.6) is 0 Å². The zero-order valence-corrected chi connectivity index (χ0v) is 17.0. The average molecular weight is 375 g/mol. The number of nitrogens with zero attached hydrogens (tertiary/aromatic N) is 1. The molecule has 0 unspecified atom stereocenters. The van der Waals surface area contributed by atoms with E-state index in [-0.39, 0.29) is 12.2 Å². The fourth-order valence-corrected chi connectivity index (χ4v) is 3.53. The van der Waals surface area contributed by atoms with Gasteiger partial charge < -0.3 is 15.2 Å². The number of nitriles is 1. The highest BCUT2D eigenvalue weighted by Gasteiger charge is 2.12. The lowest BCUT2D eigenvalue weighted by molar-refractivity contribution is -0.138. The minimum atomic E-state index is -0.645. The van der Waals surface area contributed by atoms with E-state index in [1.54, 1.807) is 31.3 Å². The smallest absolute Gasteiger partial charge is 0.352 e. The van der Waals surface area contributed by atoms with Crippen molar-refractivity contribution < 1.29 is 14.3 Å². The van der Waals surface area contributed by atoms with E-state index in [4.69, 9.17) is 15.7 Å². The highest BCUT2D eigenvalue weighted by Crippen LogP contribution is 2.36. The van der Waals surface area contributed by atoms with Crippen molar-refractivity contribution in [1.29, 1.82) is 5.26 Å². The van der Waals surface area contributed by atoms with Gasteiger partial charge in [-0.1, -0.05) is 0 Å². The Morgan fingerprint density at radius 2 is 1.77 bits per heavy atom. The Bertz CT molecular complexity index is 860. The number of rotatable bonds is 4. The number of nitrogen functional groups attached to an aromatic ring is 1. The van der Waals surface area contributed by atoms with Crippen molar-refractivity contribution in [1.82, 2.24) is 0 Å². The SMILES string of the molecule is CCO/C=C(\C#N)C(=O)OCC.Cc1c(C)c(C)c2c(N)csc2c1C. The number of thiophene rings is 1. The number of hydrogen-bond acceptors (Lipinski definition) is 6. The summed E-state index contributed by atoms with van der Waals surface area (Å²) in [6, 6.07) is 1.68. The zero-order valence-electron chi connectivity index (χ0n) is 16.2. The van der Waals surface area contributed by atoms with Crippen molar-refractivity contribution in [3.63, 3.8) is 0 Å². The molecular formula is C20H26N2O3S. The fraction of sp³-hybridized carbons (Fsp3) is 0.400. The molecule has 0 saturated heterocycles. The Morgan fingerprint density at radius 1 is 1.15 bits per heavy atom. The van der Waals surface area contributed by atoms with Crippen LogP contribution in [-0.4, -0.2) is 19.2 Å². The molecule has 2 aromatic rings. The minimum absolute atomic E-state index is 0.112. The van der Waals surface area contributed by atoms with Crippen LogP contribution in [0.25, 0.3) is 10.1 Å². The normalized spacial score (nSPS) is 10.7. The predicted octanol–water partition coefficient (Wildman–Crippen LogP) is 4.71.